The predicted octanol–water partition coefficient (Wildman–Crippen LogP) is 2.69. The van der Waals surface area contributed by atoms with Gasteiger partial charge in [-0.3, -0.25) is 9.59 Å². The first kappa shape index (κ1) is 19.0. The number of carboxylic acids is 1. The third-order valence-electron chi connectivity index (χ3n) is 3.51. The standard InChI is InChI=1S/C17H16ClNO5S/c1-25(23,24)12-8-6-11(7-9-12)17(22)19-15(10-16(20)21)13-4-2-3-5-14(13)18/h2-9,15H,10H2,1H3,(H,19,22)(H,20,21)/t15-/m0/s1. The van der Waals surface area contributed by atoms with Gasteiger partial charge in [0, 0.05) is 16.8 Å². The minimum absolute atomic E-state index is 0.0947. The van der Waals surface area contributed by atoms with Crippen molar-refractivity contribution in [2.75, 3.05) is 6.26 Å². The van der Waals surface area contributed by atoms with Gasteiger partial charge in [-0.15, -0.1) is 0 Å². The van der Waals surface area contributed by atoms with Gasteiger partial charge in [-0.05, 0) is 35.9 Å². The molecular weight excluding hydrogens is 366 g/mol. The number of sulfone groups is 1. The number of hydrogen-bond acceptors (Lipinski definition) is 4. The molecule has 1 atom stereocenters. The van der Waals surface area contributed by atoms with Crippen LogP contribution in [-0.4, -0.2) is 31.7 Å². The molecule has 0 saturated carbocycles. The minimum Gasteiger partial charge on any atom is -0.481 e. The lowest BCUT2D eigenvalue weighted by Crippen LogP contribution is -2.30. The van der Waals surface area contributed by atoms with Crippen LogP contribution in [0.15, 0.2) is 53.4 Å². The lowest BCUT2D eigenvalue weighted by Gasteiger charge is -2.18. The molecule has 0 spiro atoms. The number of halogens is 1. The van der Waals surface area contributed by atoms with Crippen molar-refractivity contribution in [1.82, 2.24) is 5.32 Å². The van der Waals surface area contributed by atoms with Crippen LogP contribution >= 0.6 is 11.6 Å². The molecule has 0 aliphatic carbocycles. The van der Waals surface area contributed by atoms with Crippen LogP contribution in [0.2, 0.25) is 5.02 Å². The van der Waals surface area contributed by atoms with Crippen molar-refractivity contribution in [3.63, 3.8) is 0 Å². The number of benzene rings is 2. The SMILES string of the molecule is CS(=O)(=O)c1ccc(C(=O)N[C@@H](CC(=O)O)c2ccccc2Cl)cc1. The molecule has 1 amide bonds. The van der Waals surface area contributed by atoms with Crippen molar-refractivity contribution >= 4 is 33.3 Å². The molecule has 6 nitrogen and oxygen atoms in total. The lowest BCUT2D eigenvalue weighted by molar-refractivity contribution is -0.137. The summed E-state index contributed by atoms with van der Waals surface area (Å²) in [5.41, 5.74) is 0.711. The van der Waals surface area contributed by atoms with Crippen LogP contribution in [0, 0.1) is 0 Å². The Bertz CT molecular complexity index is 894. The maximum Gasteiger partial charge on any atom is 0.305 e. The predicted molar refractivity (Wildman–Crippen MR) is 93.5 cm³/mol. The first-order chi connectivity index (χ1) is 11.7. The van der Waals surface area contributed by atoms with E-state index in [9.17, 15) is 18.0 Å². The molecule has 25 heavy (non-hydrogen) atoms. The van der Waals surface area contributed by atoms with Crippen LogP contribution in [0.3, 0.4) is 0 Å². The third-order valence-corrected chi connectivity index (χ3v) is 4.98. The lowest BCUT2D eigenvalue weighted by atomic mass is 10.0. The molecule has 0 radical (unpaired) electrons. The largest absolute Gasteiger partial charge is 0.481 e. The van der Waals surface area contributed by atoms with Gasteiger partial charge < -0.3 is 10.4 Å². The van der Waals surface area contributed by atoms with Crippen LogP contribution in [0.25, 0.3) is 0 Å². The number of amides is 1. The number of hydrogen-bond donors (Lipinski definition) is 2. The third kappa shape index (κ3) is 5.04. The Hall–Kier alpha value is -2.38. The van der Waals surface area contributed by atoms with Crippen LogP contribution in [0.1, 0.15) is 28.4 Å². The molecule has 8 heteroatoms. The number of rotatable bonds is 6. The maximum atomic E-state index is 12.4. The van der Waals surface area contributed by atoms with Crippen molar-refractivity contribution in [2.24, 2.45) is 0 Å². The minimum atomic E-state index is -3.36. The molecule has 2 rings (SSSR count). The zero-order valence-electron chi connectivity index (χ0n) is 13.3. The molecule has 0 bridgehead atoms. The second-order valence-electron chi connectivity index (χ2n) is 5.44. The van der Waals surface area contributed by atoms with E-state index < -0.39 is 27.8 Å². The van der Waals surface area contributed by atoms with Crippen molar-refractivity contribution in [3.8, 4) is 0 Å². The van der Waals surface area contributed by atoms with E-state index in [0.29, 0.717) is 10.6 Å². The highest BCUT2D eigenvalue weighted by atomic mass is 35.5. The van der Waals surface area contributed by atoms with Gasteiger partial charge >= 0.3 is 5.97 Å². The maximum absolute atomic E-state index is 12.4. The normalized spacial score (nSPS) is 12.4. The van der Waals surface area contributed by atoms with E-state index in [4.69, 9.17) is 16.7 Å². The summed E-state index contributed by atoms with van der Waals surface area (Å²) in [5.74, 6) is -1.61. The summed E-state index contributed by atoms with van der Waals surface area (Å²) in [6, 6.07) is 11.2. The second kappa shape index (κ2) is 7.67. The Morgan fingerprint density at radius 1 is 1.12 bits per heavy atom. The zero-order chi connectivity index (χ0) is 18.6. The monoisotopic (exact) mass is 381 g/mol. The number of carbonyl (C=O) groups is 2. The first-order valence-electron chi connectivity index (χ1n) is 7.25. The smallest absolute Gasteiger partial charge is 0.305 e. The zero-order valence-corrected chi connectivity index (χ0v) is 14.8. The molecule has 0 saturated heterocycles. The van der Waals surface area contributed by atoms with E-state index in [1.165, 1.54) is 24.3 Å². The Labute approximate surface area is 150 Å². The highest BCUT2D eigenvalue weighted by molar-refractivity contribution is 7.90. The van der Waals surface area contributed by atoms with E-state index >= 15 is 0 Å². The molecule has 0 fully saturated rings. The van der Waals surface area contributed by atoms with E-state index in [2.05, 4.69) is 5.32 Å². The molecule has 2 N–H and O–H groups in total. The van der Waals surface area contributed by atoms with Crippen LogP contribution < -0.4 is 5.32 Å². The fraction of sp³-hybridized carbons (Fsp3) is 0.176. The van der Waals surface area contributed by atoms with Gasteiger partial charge in [0.25, 0.3) is 5.91 Å². The molecule has 0 heterocycles. The Kier molecular flexibility index (Phi) is 5.81. The van der Waals surface area contributed by atoms with Gasteiger partial charge in [0.15, 0.2) is 9.84 Å². The van der Waals surface area contributed by atoms with Crippen molar-refractivity contribution in [2.45, 2.75) is 17.4 Å². The Morgan fingerprint density at radius 3 is 2.24 bits per heavy atom. The van der Waals surface area contributed by atoms with Gasteiger partial charge in [0.1, 0.15) is 0 Å². The van der Waals surface area contributed by atoms with Gasteiger partial charge in [0.05, 0.1) is 17.4 Å². The first-order valence-corrected chi connectivity index (χ1v) is 9.52. The molecule has 0 aliphatic heterocycles. The number of nitrogens with one attached hydrogen (secondary N) is 1. The summed E-state index contributed by atoms with van der Waals surface area (Å²) in [5, 5.41) is 12.1. The fourth-order valence-electron chi connectivity index (χ4n) is 2.27. The molecule has 132 valence electrons. The van der Waals surface area contributed by atoms with Crippen molar-refractivity contribution < 1.29 is 23.1 Å². The van der Waals surface area contributed by atoms with E-state index in [-0.39, 0.29) is 16.9 Å². The topological polar surface area (TPSA) is 101 Å². The van der Waals surface area contributed by atoms with Gasteiger partial charge in [-0.1, -0.05) is 29.8 Å². The van der Waals surface area contributed by atoms with Crippen LogP contribution in [0.5, 0.6) is 0 Å². The van der Waals surface area contributed by atoms with Crippen LogP contribution in [-0.2, 0) is 14.6 Å². The fourth-order valence-corrected chi connectivity index (χ4v) is 3.16. The number of aliphatic carboxylic acids is 1. The average molecular weight is 382 g/mol. The van der Waals surface area contributed by atoms with Gasteiger partial charge in [0.2, 0.25) is 0 Å². The molecule has 2 aromatic rings. The summed E-state index contributed by atoms with van der Waals surface area (Å²) in [6.45, 7) is 0. The van der Waals surface area contributed by atoms with E-state index in [1.807, 2.05) is 0 Å². The number of carboxylic acid groups (broad SMARTS) is 1. The molecular formula is C17H16ClNO5S. The van der Waals surface area contributed by atoms with E-state index in [1.54, 1.807) is 24.3 Å². The van der Waals surface area contributed by atoms with Gasteiger partial charge in [-0.2, -0.15) is 0 Å². The Morgan fingerprint density at radius 2 is 1.72 bits per heavy atom. The second-order valence-corrected chi connectivity index (χ2v) is 7.86. The van der Waals surface area contributed by atoms with Crippen molar-refractivity contribution in [3.05, 3.63) is 64.7 Å². The summed E-state index contributed by atoms with van der Waals surface area (Å²) >= 11 is 6.09. The molecule has 0 aliphatic rings. The summed E-state index contributed by atoms with van der Waals surface area (Å²) < 4.78 is 22.9. The highest BCUT2D eigenvalue weighted by Crippen LogP contribution is 2.25. The quantitative estimate of drug-likeness (QED) is 0.801. The van der Waals surface area contributed by atoms with Gasteiger partial charge in [-0.25, -0.2) is 8.42 Å². The Balaban J connectivity index is 2.25. The summed E-state index contributed by atoms with van der Waals surface area (Å²) in [7, 11) is -3.36. The highest BCUT2D eigenvalue weighted by Gasteiger charge is 2.21. The van der Waals surface area contributed by atoms with Crippen LogP contribution in [0.4, 0.5) is 0 Å². The van der Waals surface area contributed by atoms with E-state index in [0.717, 1.165) is 6.26 Å². The number of carbonyl (C=O) groups excluding carboxylic acids is 1. The molecule has 2 aromatic carbocycles. The summed E-state index contributed by atoms with van der Waals surface area (Å²) in [6.07, 6.45) is 0.735. The summed E-state index contributed by atoms with van der Waals surface area (Å²) in [4.78, 5) is 23.6. The van der Waals surface area contributed by atoms with Crippen molar-refractivity contribution in [1.29, 1.82) is 0 Å². The molecule has 0 unspecified atom stereocenters. The molecule has 0 aromatic heterocycles. The average Bonchev–Trinajstić information content (AvgIpc) is 2.53.